The van der Waals surface area contributed by atoms with Gasteiger partial charge in [-0.25, -0.2) is 0 Å². The van der Waals surface area contributed by atoms with Crippen LogP contribution in [-0.2, 0) is 6.42 Å². The minimum Gasteiger partial charge on any atom is -0.406 e. The summed E-state index contributed by atoms with van der Waals surface area (Å²) in [6.07, 6.45) is -1.23. The fourth-order valence-corrected chi connectivity index (χ4v) is 1.71. The summed E-state index contributed by atoms with van der Waals surface area (Å²) >= 11 is 0. The standard InChI is InChI=1S/C14H9F3N2O/c15-14(16,17)20-13-3-1-10(2-4-13)7-11-5-6-19-9-12(11)8-18/h1-6,9H,7H2. The molecular formula is C14H9F3N2O. The van der Waals surface area contributed by atoms with Crippen molar-refractivity contribution in [3.05, 3.63) is 59.4 Å². The summed E-state index contributed by atoms with van der Waals surface area (Å²) in [5, 5.41) is 8.93. The molecule has 0 radical (unpaired) electrons. The van der Waals surface area contributed by atoms with E-state index in [4.69, 9.17) is 5.26 Å². The highest BCUT2D eigenvalue weighted by Gasteiger charge is 2.30. The molecule has 0 bridgehead atoms. The highest BCUT2D eigenvalue weighted by atomic mass is 19.4. The fourth-order valence-electron chi connectivity index (χ4n) is 1.71. The van der Waals surface area contributed by atoms with Crippen molar-refractivity contribution in [3.63, 3.8) is 0 Å². The highest BCUT2D eigenvalue weighted by Crippen LogP contribution is 2.23. The second-order valence-electron chi connectivity index (χ2n) is 4.01. The molecule has 0 aliphatic rings. The van der Waals surface area contributed by atoms with Gasteiger partial charge in [0.05, 0.1) is 5.56 Å². The summed E-state index contributed by atoms with van der Waals surface area (Å²) in [4.78, 5) is 3.84. The van der Waals surface area contributed by atoms with Crippen molar-refractivity contribution in [2.24, 2.45) is 0 Å². The number of nitrogens with zero attached hydrogens (tertiary/aromatic N) is 2. The topological polar surface area (TPSA) is 45.9 Å². The first kappa shape index (κ1) is 13.9. The van der Waals surface area contributed by atoms with Crippen LogP contribution in [-0.4, -0.2) is 11.3 Å². The molecule has 102 valence electrons. The molecule has 0 fully saturated rings. The number of hydrogen-bond donors (Lipinski definition) is 0. The molecule has 1 heterocycles. The predicted molar refractivity (Wildman–Crippen MR) is 64.9 cm³/mol. The van der Waals surface area contributed by atoms with Crippen LogP contribution in [0, 0.1) is 11.3 Å². The number of halogens is 3. The average molecular weight is 278 g/mol. The first-order chi connectivity index (χ1) is 9.48. The number of pyridine rings is 1. The fraction of sp³-hybridized carbons (Fsp3) is 0.143. The van der Waals surface area contributed by atoms with E-state index in [-0.39, 0.29) is 5.75 Å². The maximum Gasteiger partial charge on any atom is 0.573 e. The third kappa shape index (κ3) is 3.72. The van der Waals surface area contributed by atoms with Crippen LogP contribution >= 0.6 is 0 Å². The molecule has 0 aliphatic heterocycles. The Bertz CT molecular complexity index is 630. The third-order valence-electron chi connectivity index (χ3n) is 2.58. The SMILES string of the molecule is N#Cc1cnccc1Cc1ccc(OC(F)(F)F)cc1. The molecule has 1 aromatic carbocycles. The van der Waals surface area contributed by atoms with Crippen molar-refractivity contribution in [2.45, 2.75) is 12.8 Å². The summed E-state index contributed by atoms with van der Waals surface area (Å²) in [6.45, 7) is 0. The quantitative estimate of drug-likeness (QED) is 0.864. The molecule has 0 saturated carbocycles. The van der Waals surface area contributed by atoms with Crippen molar-refractivity contribution in [3.8, 4) is 11.8 Å². The first-order valence-corrected chi connectivity index (χ1v) is 5.65. The largest absolute Gasteiger partial charge is 0.573 e. The normalized spacial score (nSPS) is 10.9. The van der Waals surface area contributed by atoms with Gasteiger partial charge in [-0.2, -0.15) is 5.26 Å². The Morgan fingerprint density at radius 2 is 1.85 bits per heavy atom. The number of rotatable bonds is 3. The molecule has 2 rings (SSSR count). The summed E-state index contributed by atoms with van der Waals surface area (Å²) in [5.41, 5.74) is 2.00. The Labute approximate surface area is 113 Å². The molecule has 0 saturated heterocycles. The van der Waals surface area contributed by atoms with Crippen molar-refractivity contribution < 1.29 is 17.9 Å². The van der Waals surface area contributed by atoms with Crippen molar-refractivity contribution in [1.29, 1.82) is 5.26 Å². The number of nitriles is 1. The Morgan fingerprint density at radius 1 is 1.15 bits per heavy atom. The summed E-state index contributed by atoms with van der Waals surface area (Å²) in [6, 6.07) is 9.28. The monoisotopic (exact) mass is 278 g/mol. The van der Waals surface area contributed by atoms with Gasteiger partial charge in [0, 0.05) is 12.4 Å². The van der Waals surface area contributed by atoms with Crippen molar-refractivity contribution >= 4 is 0 Å². The van der Waals surface area contributed by atoms with Crippen LogP contribution in [0.15, 0.2) is 42.7 Å². The van der Waals surface area contributed by atoms with Gasteiger partial charge in [-0.15, -0.1) is 13.2 Å². The molecule has 20 heavy (non-hydrogen) atoms. The zero-order valence-corrected chi connectivity index (χ0v) is 10.2. The zero-order chi connectivity index (χ0) is 14.6. The van der Waals surface area contributed by atoms with E-state index in [1.165, 1.54) is 30.5 Å². The lowest BCUT2D eigenvalue weighted by atomic mass is 10.0. The molecule has 0 unspecified atom stereocenters. The van der Waals surface area contributed by atoms with Crippen LogP contribution in [0.25, 0.3) is 0 Å². The van der Waals surface area contributed by atoms with E-state index >= 15 is 0 Å². The average Bonchev–Trinajstić information content (AvgIpc) is 2.40. The van der Waals surface area contributed by atoms with Crippen molar-refractivity contribution in [2.75, 3.05) is 0 Å². The molecule has 0 spiro atoms. The second kappa shape index (κ2) is 5.61. The maximum absolute atomic E-state index is 12.0. The molecule has 1 aromatic heterocycles. The molecular weight excluding hydrogens is 269 g/mol. The molecule has 0 aliphatic carbocycles. The van der Waals surface area contributed by atoms with Gasteiger partial charge in [0.15, 0.2) is 0 Å². The number of alkyl halides is 3. The number of hydrogen-bond acceptors (Lipinski definition) is 3. The van der Waals surface area contributed by atoms with Gasteiger partial charge in [-0.3, -0.25) is 4.98 Å². The van der Waals surface area contributed by atoms with Gasteiger partial charge in [0.1, 0.15) is 11.8 Å². The molecule has 0 N–H and O–H groups in total. The van der Waals surface area contributed by atoms with Gasteiger partial charge < -0.3 is 4.74 Å². The van der Waals surface area contributed by atoms with Crippen LogP contribution in [0.3, 0.4) is 0 Å². The van der Waals surface area contributed by atoms with Crippen LogP contribution < -0.4 is 4.74 Å². The van der Waals surface area contributed by atoms with E-state index in [1.807, 2.05) is 6.07 Å². The molecule has 6 heteroatoms. The predicted octanol–water partition coefficient (Wildman–Crippen LogP) is 3.44. The molecule has 2 aromatic rings. The Hall–Kier alpha value is -2.55. The van der Waals surface area contributed by atoms with Crippen molar-refractivity contribution in [1.82, 2.24) is 4.98 Å². The van der Waals surface area contributed by atoms with Gasteiger partial charge in [0.2, 0.25) is 0 Å². The second-order valence-corrected chi connectivity index (χ2v) is 4.01. The molecule has 0 atom stereocenters. The number of aromatic nitrogens is 1. The van der Waals surface area contributed by atoms with Crippen LogP contribution in [0.2, 0.25) is 0 Å². The smallest absolute Gasteiger partial charge is 0.406 e. The zero-order valence-electron chi connectivity index (χ0n) is 10.2. The van der Waals surface area contributed by atoms with Crippen LogP contribution in [0.1, 0.15) is 16.7 Å². The lowest BCUT2D eigenvalue weighted by Crippen LogP contribution is -2.17. The number of ether oxygens (including phenoxy) is 1. The van der Waals surface area contributed by atoms with Gasteiger partial charge in [-0.1, -0.05) is 12.1 Å². The molecule has 3 nitrogen and oxygen atoms in total. The Morgan fingerprint density at radius 3 is 2.45 bits per heavy atom. The summed E-state index contributed by atoms with van der Waals surface area (Å²) < 4.78 is 39.9. The maximum atomic E-state index is 12.0. The van der Waals surface area contributed by atoms with Gasteiger partial charge >= 0.3 is 6.36 Å². The van der Waals surface area contributed by atoms with E-state index < -0.39 is 6.36 Å². The van der Waals surface area contributed by atoms with E-state index in [2.05, 4.69) is 9.72 Å². The van der Waals surface area contributed by atoms with E-state index in [9.17, 15) is 13.2 Å². The summed E-state index contributed by atoms with van der Waals surface area (Å²) in [5.74, 6) is -0.267. The first-order valence-electron chi connectivity index (χ1n) is 5.65. The minimum absolute atomic E-state index is 0.267. The summed E-state index contributed by atoms with van der Waals surface area (Å²) in [7, 11) is 0. The van der Waals surface area contributed by atoms with E-state index in [0.717, 1.165) is 11.1 Å². The lowest BCUT2D eigenvalue weighted by molar-refractivity contribution is -0.274. The minimum atomic E-state index is -4.69. The number of benzene rings is 1. The highest BCUT2D eigenvalue weighted by molar-refractivity contribution is 5.39. The van der Waals surface area contributed by atoms with E-state index in [1.54, 1.807) is 12.3 Å². The van der Waals surface area contributed by atoms with Gasteiger partial charge in [0.25, 0.3) is 0 Å². The van der Waals surface area contributed by atoms with Crippen LogP contribution in [0.5, 0.6) is 5.75 Å². The van der Waals surface area contributed by atoms with E-state index in [0.29, 0.717) is 12.0 Å². The third-order valence-corrected chi connectivity index (χ3v) is 2.58. The Balaban J connectivity index is 2.13. The van der Waals surface area contributed by atoms with Gasteiger partial charge in [-0.05, 0) is 35.7 Å². The lowest BCUT2D eigenvalue weighted by Gasteiger charge is -2.09. The Kier molecular flexibility index (Phi) is 3.89. The van der Waals surface area contributed by atoms with Crippen LogP contribution in [0.4, 0.5) is 13.2 Å². The molecule has 0 amide bonds.